The zero-order chi connectivity index (χ0) is 14.6. The van der Waals surface area contributed by atoms with Crippen LogP contribution in [0.25, 0.3) is 0 Å². The van der Waals surface area contributed by atoms with Gasteiger partial charge >= 0.3 is 5.97 Å². The fraction of sp³-hybridized carbons (Fsp3) is 0.562. The summed E-state index contributed by atoms with van der Waals surface area (Å²) in [6, 6.07) is 6.01. The van der Waals surface area contributed by atoms with E-state index < -0.39 is 0 Å². The molecule has 2 unspecified atom stereocenters. The molecule has 0 aromatic heterocycles. The number of carbonyl (C=O) groups excluding carboxylic acids is 1. The lowest BCUT2D eigenvalue weighted by Gasteiger charge is -2.23. The van der Waals surface area contributed by atoms with Crippen molar-refractivity contribution in [1.29, 1.82) is 0 Å². The molecule has 2 atom stereocenters. The summed E-state index contributed by atoms with van der Waals surface area (Å²) in [4.78, 5) is 11.8. The van der Waals surface area contributed by atoms with Crippen molar-refractivity contribution in [3.8, 4) is 0 Å². The van der Waals surface area contributed by atoms with Gasteiger partial charge in [0.15, 0.2) is 0 Å². The van der Waals surface area contributed by atoms with Crippen LogP contribution in [0.2, 0.25) is 0 Å². The number of hydrogen-bond donors (Lipinski definition) is 1. The summed E-state index contributed by atoms with van der Waals surface area (Å²) in [5.41, 5.74) is 9.71. The van der Waals surface area contributed by atoms with Crippen LogP contribution >= 0.6 is 0 Å². The molecule has 1 aromatic rings. The van der Waals surface area contributed by atoms with Gasteiger partial charge in [-0.3, -0.25) is 4.79 Å². The molecular weight excluding hydrogens is 238 g/mol. The summed E-state index contributed by atoms with van der Waals surface area (Å²) in [5, 5.41) is 0. The minimum Gasteiger partial charge on any atom is -0.469 e. The number of aryl methyl sites for hydroxylation is 1. The van der Waals surface area contributed by atoms with Crippen LogP contribution in [-0.2, 0) is 9.53 Å². The number of rotatable bonds is 5. The third-order valence-corrected chi connectivity index (χ3v) is 3.71. The van der Waals surface area contributed by atoms with Gasteiger partial charge in [-0.25, -0.2) is 0 Å². The average molecular weight is 263 g/mol. The lowest BCUT2D eigenvalue weighted by molar-refractivity contribution is -0.146. The Kier molecular flexibility index (Phi) is 5.55. The highest BCUT2D eigenvalue weighted by molar-refractivity contribution is 5.73. The first kappa shape index (κ1) is 15.7. The lowest BCUT2D eigenvalue weighted by Crippen LogP contribution is -2.29. The summed E-state index contributed by atoms with van der Waals surface area (Å²) in [6.45, 7) is 8.29. The number of benzene rings is 1. The number of methoxy groups -OCH3 is 1. The second-order valence-corrected chi connectivity index (χ2v) is 5.33. The first-order chi connectivity index (χ1) is 8.92. The molecule has 3 heteroatoms. The van der Waals surface area contributed by atoms with Crippen LogP contribution in [0, 0.1) is 12.8 Å². The van der Waals surface area contributed by atoms with Gasteiger partial charge in [0.1, 0.15) is 0 Å². The summed E-state index contributed by atoms with van der Waals surface area (Å²) in [7, 11) is 1.41. The first-order valence-corrected chi connectivity index (χ1v) is 6.86. The van der Waals surface area contributed by atoms with E-state index in [1.54, 1.807) is 0 Å². The van der Waals surface area contributed by atoms with Gasteiger partial charge in [-0.1, -0.05) is 39.0 Å². The van der Waals surface area contributed by atoms with Gasteiger partial charge < -0.3 is 10.5 Å². The van der Waals surface area contributed by atoms with E-state index in [0.717, 1.165) is 11.1 Å². The molecule has 106 valence electrons. The van der Waals surface area contributed by atoms with E-state index in [-0.39, 0.29) is 17.9 Å². The Bertz CT molecular complexity index is 440. The summed E-state index contributed by atoms with van der Waals surface area (Å²) in [6.07, 6.45) is 0.680. The fourth-order valence-corrected chi connectivity index (χ4v) is 2.31. The SMILES string of the molecule is CCC(C(=O)OC)C(N)c1cc(C(C)C)ccc1C. The van der Waals surface area contributed by atoms with Crippen molar-refractivity contribution in [3.05, 3.63) is 34.9 Å². The molecule has 0 radical (unpaired) electrons. The predicted molar refractivity (Wildman–Crippen MR) is 78.0 cm³/mol. The minimum absolute atomic E-state index is 0.232. The Labute approximate surface area is 116 Å². The molecule has 0 heterocycles. The highest BCUT2D eigenvalue weighted by Gasteiger charge is 2.27. The molecule has 0 amide bonds. The standard InChI is InChI=1S/C16H25NO2/c1-6-13(16(18)19-5)15(17)14-9-12(10(2)3)8-7-11(14)4/h7-10,13,15H,6,17H2,1-5H3. The average Bonchev–Trinajstić information content (AvgIpc) is 2.39. The Hall–Kier alpha value is -1.35. The molecule has 0 aliphatic rings. The lowest BCUT2D eigenvalue weighted by atomic mass is 9.87. The van der Waals surface area contributed by atoms with Gasteiger partial charge in [0.2, 0.25) is 0 Å². The molecule has 0 spiro atoms. The zero-order valence-corrected chi connectivity index (χ0v) is 12.6. The Morgan fingerprint density at radius 2 is 2.00 bits per heavy atom. The quantitative estimate of drug-likeness (QED) is 0.829. The van der Waals surface area contributed by atoms with Gasteiger partial charge in [-0.15, -0.1) is 0 Å². The molecule has 0 saturated carbocycles. The molecule has 0 saturated heterocycles. The second-order valence-electron chi connectivity index (χ2n) is 5.33. The number of ether oxygens (including phenoxy) is 1. The van der Waals surface area contributed by atoms with Crippen molar-refractivity contribution in [2.75, 3.05) is 7.11 Å². The van der Waals surface area contributed by atoms with E-state index in [0.29, 0.717) is 12.3 Å². The minimum atomic E-state index is -0.309. The number of hydrogen-bond acceptors (Lipinski definition) is 3. The molecule has 2 N–H and O–H groups in total. The van der Waals surface area contributed by atoms with Crippen molar-refractivity contribution in [2.45, 2.75) is 46.1 Å². The van der Waals surface area contributed by atoms with Crippen LogP contribution in [0.5, 0.6) is 0 Å². The Morgan fingerprint density at radius 3 is 2.47 bits per heavy atom. The van der Waals surface area contributed by atoms with Gasteiger partial charge in [-0.05, 0) is 36.0 Å². The van der Waals surface area contributed by atoms with Crippen molar-refractivity contribution in [3.63, 3.8) is 0 Å². The molecular formula is C16H25NO2. The van der Waals surface area contributed by atoms with E-state index in [1.165, 1.54) is 12.7 Å². The maximum atomic E-state index is 11.8. The molecule has 0 aliphatic heterocycles. The van der Waals surface area contributed by atoms with Gasteiger partial charge in [0, 0.05) is 6.04 Å². The third kappa shape index (κ3) is 3.57. The molecule has 0 fully saturated rings. The number of nitrogens with two attached hydrogens (primary N) is 1. The third-order valence-electron chi connectivity index (χ3n) is 3.71. The van der Waals surface area contributed by atoms with E-state index in [2.05, 4.69) is 32.0 Å². The van der Waals surface area contributed by atoms with Crippen LogP contribution in [0.3, 0.4) is 0 Å². The normalized spacial score (nSPS) is 14.3. The molecule has 1 aromatic carbocycles. The highest BCUT2D eigenvalue weighted by atomic mass is 16.5. The van der Waals surface area contributed by atoms with Crippen LogP contribution in [-0.4, -0.2) is 13.1 Å². The van der Waals surface area contributed by atoms with Gasteiger partial charge in [-0.2, -0.15) is 0 Å². The predicted octanol–water partition coefficient (Wildman–Crippen LogP) is 3.32. The summed E-state index contributed by atoms with van der Waals surface area (Å²) in [5.74, 6) is -0.0692. The van der Waals surface area contributed by atoms with Crippen molar-refractivity contribution < 1.29 is 9.53 Å². The maximum absolute atomic E-state index is 11.8. The van der Waals surface area contributed by atoms with Gasteiger partial charge in [0.05, 0.1) is 13.0 Å². The van der Waals surface area contributed by atoms with Crippen LogP contribution < -0.4 is 5.73 Å². The largest absolute Gasteiger partial charge is 0.469 e. The molecule has 0 aliphatic carbocycles. The molecule has 19 heavy (non-hydrogen) atoms. The van der Waals surface area contributed by atoms with E-state index in [4.69, 9.17) is 10.5 Å². The van der Waals surface area contributed by atoms with Gasteiger partial charge in [0.25, 0.3) is 0 Å². The smallest absolute Gasteiger partial charge is 0.310 e. The summed E-state index contributed by atoms with van der Waals surface area (Å²) < 4.78 is 4.84. The number of esters is 1. The molecule has 3 nitrogen and oxygen atoms in total. The van der Waals surface area contributed by atoms with E-state index >= 15 is 0 Å². The second kappa shape index (κ2) is 6.71. The van der Waals surface area contributed by atoms with E-state index in [9.17, 15) is 4.79 Å². The molecule has 1 rings (SSSR count). The Balaban J connectivity index is 3.13. The van der Waals surface area contributed by atoms with Crippen molar-refractivity contribution in [1.82, 2.24) is 0 Å². The zero-order valence-electron chi connectivity index (χ0n) is 12.6. The topological polar surface area (TPSA) is 52.3 Å². The summed E-state index contributed by atoms with van der Waals surface area (Å²) >= 11 is 0. The molecule has 0 bridgehead atoms. The highest BCUT2D eigenvalue weighted by Crippen LogP contribution is 2.28. The van der Waals surface area contributed by atoms with Crippen LogP contribution in [0.4, 0.5) is 0 Å². The van der Waals surface area contributed by atoms with Crippen molar-refractivity contribution in [2.24, 2.45) is 11.7 Å². The van der Waals surface area contributed by atoms with Crippen LogP contribution in [0.15, 0.2) is 18.2 Å². The van der Waals surface area contributed by atoms with E-state index in [1.807, 2.05) is 13.8 Å². The first-order valence-electron chi connectivity index (χ1n) is 6.86. The Morgan fingerprint density at radius 1 is 1.37 bits per heavy atom. The fourth-order valence-electron chi connectivity index (χ4n) is 2.31. The monoisotopic (exact) mass is 263 g/mol. The maximum Gasteiger partial charge on any atom is 0.310 e. The van der Waals surface area contributed by atoms with Crippen LogP contribution in [0.1, 0.15) is 55.8 Å². The van der Waals surface area contributed by atoms with Crippen molar-refractivity contribution >= 4 is 5.97 Å². The number of carbonyl (C=O) groups is 1.